The van der Waals surface area contributed by atoms with Gasteiger partial charge in [0.25, 0.3) is 0 Å². The molecule has 0 aliphatic heterocycles. The highest BCUT2D eigenvalue weighted by atomic mass is 16.4. The molecule has 0 saturated heterocycles. The number of aliphatic hydroxyl groups excluding tert-OH is 1. The third-order valence-electron chi connectivity index (χ3n) is 6.06. The van der Waals surface area contributed by atoms with Gasteiger partial charge < -0.3 is 10.2 Å². The lowest BCUT2D eigenvalue weighted by atomic mass is 9.84. The number of Topliss-reactive ketones (excluding diaryl/α,β-unsaturated/α-hetero) is 1. The highest BCUT2D eigenvalue weighted by Gasteiger charge is 2.35. The van der Waals surface area contributed by atoms with E-state index in [9.17, 15) is 14.7 Å². The SMILES string of the molecule is CCCCCC(O)c1cccc([C@H]2CCC(=O)[C@@H]2CCCCCCC(=O)O)c1. The van der Waals surface area contributed by atoms with E-state index in [0.29, 0.717) is 12.2 Å². The molecule has 3 atom stereocenters. The Bertz CT molecular complexity index is 625. The van der Waals surface area contributed by atoms with Crippen LogP contribution in [0.5, 0.6) is 0 Å². The Morgan fingerprint density at radius 1 is 1.14 bits per heavy atom. The fraction of sp³-hybridized carbons (Fsp3) is 0.667. The number of rotatable bonds is 13. The lowest BCUT2D eigenvalue weighted by molar-refractivity contribution is -0.137. The topological polar surface area (TPSA) is 74.6 Å². The first-order valence-corrected chi connectivity index (χ1v) is 11.0. The van der Waals surface area contributed by atoms with E-state index in [4.69, 9.17) is 5.11 Å². The summed E-state index contributed by atoms with van der Waals surface area (Å²) in [6.45, 7) is 2.16. The number of unbranched alkanes of at least 4 members (excludes halogenated alkanes) is 5. The van der Waals surface area contributed by atoms with Crippen LogP contribution in [-0.4, -0.2) is 22.0 Å². The second-order valence-corrected chi connectivity index (χ2v) is 8.25. The molecule has 1 saturated carbocycles. The molecule has 1 aromatic rings. The van der Waals surface area contributed by atoms with Crippen molar-refractivity contribution >= 4 is 11.8 Å². The molecule has 0 amide bonds. The molecule has 0 bridgehead atoms. The molecule has 1 aliphatic rings. The third kappa shape index (κ3) is 7.05. The van der Waals surface area contributed by atoms with Gasteiger partial charge >= 0.3 is 5.97 Å². The average molecular weight is 389 g/mol. The number of benzene rings is 1. The first kappa shape index (κ1) is 22.6. The van der Waals surface area contributed by atoms with Gasteiger partial charge in [-0.3, -0.25) is 9.59 Å². The summed E-state index contributed by atoms with van der Waals surface area (Å²) < 4.78 is 0. The number of carbonyl (C=O) groups is 2. The minimum Gasteiger partial charge on any atom is -0.481 e. The zero-order valence-corrected chi connectivity index (χ0v) is 17.2. The largest absolute Gasteiger partial charge is 0.481 e. The van der Waals surface area contributed by atoms with Crippen molar-refractivity contribution in [3.05, 3.63) is 35.4 Å². The first-order valence-electron chi connectivity index (χ1n) is 11.0. The van der Waals surface area contributed by atoms with Crippen LogP contribution in [0.15, 0.2) is 24.3 Å². The van der Waals surface area contributed by atoms with Gasteiger partial charge in [-0.05, 0) is 42.7 Å². The van der Waals surface area contributed by atoms with Gasteiger partial charge in [-0.1, -0.05) is 69.7 Å². The van der Waals surface area contributed by atoms with Gasteiger partial charge in [0.15, 0.2) is 0 Å². The molecule has 2 N–H and O–H groups in total. The number of aliphatic hydroxyl groups is 1. The van der Waals surface area contributed by atoms with Gasteiger partial charge in [0.1, 0.15) is 5.78 Å². The number of carboxylic acids is 1. The number of carboxylic acid groups (broad SMARTS) is 1. The molecule has 1 aromatic carbocycles. The van der Waals surface area contributed by atoms with Crippen molar-refractivity contribution in [2.75, 3.05) is 0 Å². The molecule has 1 fully saturated rings. The monoisotopic (exact) mass is 388 g/mol. The van der Waals surface area contributed by atoms with E-state index >= 15 is 0 Å². The van der Waals surface area contributed by atoms with Crippen LogP contribution in [0.25, 0.3) is 0 Å². The maximum atomic E-state index is 12.4. The summed E-state index contributed by atoms with van der Waals surface area (Å²) >= 11 is 0. The van der Waals surface area contributed by atoms with Crippen molar-refractivity contribution in [1.29, 1.82) is 0 Å². The first-order chi connectivity index (χ1) is 13.5. The molecule has 2 rings (SSSR count). The average Bonchev–Trinajstić information content (AvgIpc) is 3.05. The summed E-state index contributed by atoms with van der Waals surface area (Å²) in [5, 5.41) is 19.2. The van der Waals surface area contributed by atoms with Crippen molar-refractivity contribution in [1.82, 2.24) is 0 Å². The molecular formula is C24H36O4. The lowest BCUT2D eigenvalue weighted by Gasteiger charge is -2.20. The predicted octanol–water partition coefficient (Wildman–Crippen LogP) is 5.79. The fourth-order valence-corrected chi connectivity index (χ4v) is 4.42. The van der Waals surface area contributed by atoms with Crippen LogP contribution in [0.4, 0.5) is 0 Å². The molecule has 1 unspecified atom stereocenters. The van der Waals surface area contributed by atoms with Gasteiger partial charge in [-0.25, -0.2) is 0 Å². The van der Waals surface area contributed by atoms with Crippen molar-refractivity contribution in [2.24, 2.45) is 5.92 Å². The van der Waals surface area contributed by atoms with E-state index < -0.39 is 12.1 Å². The fourth-order valence-electron chi connectivity index (χ4n) is 4.42. The zero-order chi connectivity index (χ0) is 20.4. The van der Waals surface area contributed by atoms with E-state index in [2.05, 4.69) is 19.1 Å². The van der Waals surface area contributed by atoms with E-state index in [1.807, 2.05) is 12.1 Å². The Kier molecular flexibility index (Phi) is 9.69. The Balaban J connectivity index is 1.90. The Labute approximate surface area is 169 Å². The molecule has 4 heteroatoms. The molecule has 156 valence electrons. The van der Waals surface area contributed by atoms with Crippen molar-refractivity contribution < 1.29 is 19.8 Å². The molecule has 0 heterocycles. The highest BCUT2D eigenvalue weighted by molar-refractivity contribution is 5.84. The van der Waals surface area contributed by atoms with Crippen molar-refractivity contribution in [3.8, 4) is 0 Å². The number of carbonyl (C=O) groups excluding carboxylic acids is 1. The second-order valence-electron chi connectivity index (χ2n) is 8.25. The highest BCUT2D eigenvalue weighted by Crippen LogP contribution is 2.41. The van der Waals surface area contributed by atoms with Gasteiger partial charge in [0.05, 0.1) is 6.10 Å². The van der Waals surface area contributed by atoms with Crippen LogP contribution in [0.1, 0.15) is 107 Å². The molecule has 0 aromatic heterocycles. The Morgan fingerprint density at radius 2 is 1.93 bits per heavy atom. The van der Waals surface area contributed by atoms with Crippen LogP contribution < -0.4 is 0 Å². The second kappa shape index (κ2) is 12.0. The Morgan fingerprint density at radius 3 is 2.68 bits per heavy atom. The molecular weight excluding hydrogens is 352 g/mol. The minimum absolute atomic E-state index is 0.0759. The normalized spacial score (nSPS) is 20.4. The number of hydrogen-bond donors (Lipinski definition) is 2. The van der Waals surface area contributed by atoms with Crippen LogP contribution in [-0.2, 0) is 9.59 Å². The lowest BCUT2D eigenvalue weighted by Crippen LogP contribution is -2.14. The number of aliphatic carboxylic acids is 1. The summed E-state index contributed by atoms with van der Waals surface area (Å²) in [6, 6.07) is 8.22. The summed E-state index contributed by atoms with van der Waals surface area (Å²) in [5.41, 5.74) is 2.16. The molecule has 28 heavy (non-hydrogen) atoms. The predicted molar refractivity (Wildman–Crippen MR) is 111 cm³/mol. The summed E-state index contributed by atoms with van der Waals surface area (Å²) in [4.78, 5) is 23.0. The summed E-state index contributed by atoms with van der Waals surface area (Å²) in [6.07, 6.45) is 9.97. The van der Waals surface area contributed by atoms with Gasteiger partial charge in [-0.2, -0.15) is 0 Å². The maximum absolute atomic E-state index is 12.4. The third-order valence-corrected chi connectivity index (χ3v) is 6.06. The van der Waals surface area contributed by atoms with Crippen molar-refractivity contribution in [3.63, 3.8) is 0 Å². The number of hydrogen-bond acceptors (Lipinski definition) is 3. The number of ketones is 1. The van der Waals surface area contributed by atoms with Crippen LogP contribution >= 0.6 is 0 Å². The van der Waals surface area contributed by atoms with Crippen molar-refractivity contribution in [2.45, 2.75) is 96.0 Å². The van der Waals surface area contributed by atoms with E-state index in [1.54, 1.807) is 0 Å². The van der Waals surface area contributed by atoms with Gasteiger partial charge in [-0.15, -0.1) is 0 Å². The van der Waals surface area contributed by atoms with Crippen LogP contribution in [0.3, 0.4) is 0 Å². The van der Waals surface area contributed by atoms with Crippen LogP contribution in [0, 0.1) is 5.92 Å². The molecule has 0 spiro atoms. The minimum atomic E-state index is -0.734. The molecule has 4 nitrogen and oxygen atoms in total. The molecule has 1 aliphatic carbocycles. The summed E-state index contributed by atoms with van der Waals surface area (Å²) in [5.74, 6) is -0.0338. The molecule has 0 radical (unpaired) electrons. The maximum Gasteiger partial charge on any atom is 0.303 e. The van der Waals surface area contributed by atoms with E-state index in [1.165, 1.54) is 5.56 Å². The standard InChI is InChI=1S/C24H36O4/c1-2-3-6-13-22(25)19-11-9-10-18(17-19)20-15-16-23(26)21(20)12-7-4-5-8-14-24(27)28/h9-11,17,20-22,25H,2-8,12-16H2,1H3,(H,27,28)/t20-,21-,22?/m1/s1. The summed E-state index contributed by atoms with van der Waals surface area (Å²) in [7, 11) is 0. The van der Waals surface area contributed by atoms with Crippen LogP contribution in [0.2, 0.25) is 0 Å². The smallest absolute Gasteiger partial charge is 0.303 e. The van der Waals surface area contributed by atoms with Gasteiger partial charge in [0.2, 0.25) is 0 Å². The zero-order valence-electron chi connectivity index (χ0n) is 17.2. The Hall–Kier alpha value is -1.68. The quantitative estimate of drug-likeness (QED) is 0.420. The van der Waals surface area contributed by atoms with Gasteiger partial charge in [0, 0.05) is 18.8 Å². The van der Waals surface area contributed by atoms with E-state index in [0.717, 1.165) is 69.8 Å². The van der Waals surface area contributed by atoms with E-state index in [-0.39, 0.29) is 18.3 Å².